The Morgan fingerprint density at radius 2 is 1.75 bits per heavy atom. The number of nitrogens with two attached hydrogens (primary N) is 1. The fourth-order valence-corrected chi connectivity index (χ4v) is 1.92. The number of nitrogens with zero attached hydrogens (tertiary/aromatic N) is 2. The molecule has 0 aliphatic heterocycles. The van der Waals surface area contributed by atoms with Crippen molar-refractivity contribution in [2.75, 3.05) is 5.73 Å². The quantitative estimate of drug-likeness (QED) is 0.626. The maximum atomic E-state index is 5.98. The van der Waals surface area contributed by atoms with Gasteiger partial charge in [-0.2, -0.15) is 5.10 Å². The fourth-order valence-electron chi connectivity index (χ4n) is 1.92. The molecule has 0 amide bonds. The normalized spacial score (nSPS) is 10.8. The van der Waals surface area contributed by atoms with E-state index in [2.05, 4.69) is 11.2 Å². The highest BCUT2D eigenvalue weighted by molar-refractivity contribution is 5.86. The highest BCUT2D eigenvalue weighted by Crippen LogP contribution is 2.28. The van der Waals surface area contributed by atoms with E-state index in [0.29, 0.717) is 0 Å². The Hall–Kier alpha value is -2.29. The molecule has 1 aromatic carbocycles. The van der Waals surface area contributed by atoms with Crippen molar-refractivity contribution in [3.63, 3.8) is 0 Å². The Balaban J connectivity index is 2.34. The van der Waals surface area contributed by atoms with E-state index in [1.165, 1.54) is 0 Å². The lowest BCUT2D eigenvalue weighted by molar-refractivity contribution is 0.962. The van der Waals surface area contributed by atoms with Crippen molar-refractivity contribution in [1.29, 1.82) is 0 Å². The third-order valence-corrected chi connectivity index (χ3v) is 2.69. The van der Waals surface area contributed by atoms with Crippen LogP contribution in [0, 0.1) is 0 Å². The van der Waals surface area contributed by atoms with Crippen molar-refractivity contribution in [2.24, 2.45) is 0 Å². The number of aromatic nitrogens is 2. The van der Waals surface area contributed by atoms with Crippen LogP contribution in [0.25, 0.3) is 16.6 Å². The van der Waals surface area contributed by atoms with E-state index in [1.807, 2.05) is 47.1 Å². The van der Waals surface area contributed by atoms with Crippen LogP contribution in [0.5, 0.6) is 0 Å². The molecule has 3 rings (SSSR count). The number of fused-ring (bicyclic) bond motifs is 1. The van der Waals surface area contributed by atoms with Gasteiger partial charge < -0.3 is 5.73 Å². The number of rotatable bonds is 1. The summed E-state index contributed by atoms with van der Waals surface area (Å²) in [7, 11) is 0. The van der Waals surface area contributed by atoms with Gasteiger partial charge in [-0.15, -0.1) is 0 Å². The molecule has 0 saturated heterocycles. The molecule has 0 aliphatic rings. The second-order valence-electron chi connectivity index (χ2n) is 3.67. The fraction of sp³-hybridized carbons (Fsp3) is 0. The number of hydrogen-bond donors (Lipinski definition) is 1. The molecule has 2 aromatic heterocycles. The molecular weight excluding hydrogens is 198 g/mol. The van der Waals surface area contributed by atoms with E-state index in [0.717, 1.165) is 22.3 Å². The molecule has 16 heavy (non-hydrogen) atoms. The third-order valence-electron chi connectivity index (χ3n) is 2.69. The van der Waals surface area contributed by atoms with Gasteiger partial charge in [0.1, 0.15) is 0 Å². The topological polar surface area (TPSA) is 43.3 Å². The van der Waals surface area contributed by atoms with Gasteiger partial charge in [-0.1, -0.05) is 24.3 Å². The van der Waals surface area contributed by atoms with Crippen LogP contribution in [0.1, 0.15) is 0 Å². The minimum absolute atomic E-state index is 0.789. The maximum absolute atomic E-state index is 5.98. The van der Waals surface area contributed by atoms with Crippen LogP contribution in [0.15, 0.2) is 54.9 Å². The monoisotopic (exact) mass is 209 g/mol. The zero-order valence-electron chi connectivity index (χ0n) is 8.67. The molecule has 3 heteroatoms. The minimum Gasteiger partial charge on any atom is -0.398 e. The van der Waals surface area contributed by atoms with Crippen LogP contribution in [-0.4, -0.2) is 9.61 Å². The third kappa shape index (κ3) is 1.26. The number of para-hydroxylation sites is 1. The summed E-state index contributed by atoms with van der Waals surface area (Å²) >= 11 is 0. The zero-order valence-corrected chi connectivity index (χ0v) is 8.67. The van der Waals surface area contributed by atoms with Crippen molar-refractivity contribution in [3.8, 4) is 11.1 Å². The lowest BCUT2D eigenvalue weighted by Gasteiger charge is -2.06. The van der Waals surface area contributed by atoms with E-state index in [-0.39, 0.29) is 0 Å². The van der Waals surface area contributed by atoms with Crippen molar-refractivity contribution in [1.82, 2.24) is 9.61 Å². The van der Waals surface area contributed by atoms with Crippen LogP contribution in [0.4, 0.5) is 5.69 Å². The lowest BCUT2D eigenvalue weighted by Crippen LogP contribution is -1.92. The lowest BCUT2D eigenvalue weighted by atomic mass is 10.0. The first-order valence-electron chi connectivity index (χ1n) is 5.13. The SMILES string of the molecule is Nc1ccccc1-c1cccn2nccc12. The summed E-state index contributed by atoms with van der Waals surface area (Å²) in [4.78, 5) is 0. The Bertz CT molecular complexity index is 640. The Labute approximate surface area is 93.1 Å². The molecule has 0 fully saturated rings. The van der Waals surface area contributed by atoms with Crippen LogP contribution >= 0.6 is 0 Å². The van der Waals surface area contributed by atoms with Gasteiger partial charge in [-0.25, -0.2) is 4.52 Å². The van der Waals surface area contributed by atoms with Crippen LogP contribution in [-0.2, 0) is 0 Å². The predicted molar refractivity (Wildman–Crippen MR) is 65.0 cm³/mol. The summed E-state index contributed by atoms with van der Waals surface area (Å²) in [6.07, 6.45) is 3.72. The summed E-state index contributed by atoms with van der Waals surface area (Å²) in [6, 6.07) is 13.9. The molecule has 0 spiro atoms. The second kappa shape index (κ2) is 3.38. The van der Waals surface area contributed by atoms with E-state index in [9.17, 15) is 0 Å². The van der Waals surface area contributed by atoms with Crippen molar-refractivity contribution in [3.05, 3.63) is 54.9 Å². The predicted octanol–water partition coefficient (Wildman–Crippen LogP) is 2.58. The number of hydrogen-bond acceptors (Lipinski definition) is 2. The van der Waals surface area contributed by atoms with E-state index in [4.69, 9.17) is 5.73 Å². The average molecular weight is 209 g/mol. The van der Waals surface area contributed by atoms with Gasteiger partial charge in [-0.3, -0.25) is 0 Å². The molecule has 0 radical (unpaired) electrons. The van der Waals surface area contributed by atoms with E-state index >= 15 is 0 Å². The highest BCUT2D eigenvalue weighted by Gasteiger charge is 2.06. The van der Waals surface area contributed by atoms with Crippen LogP contribution in [0.3, 0.4) is 0 Å². The molecule has 2 N–H and O–H groups in total. The van der Waals surface area contributed by atoms with Crippen LogP contribution < -0.4 is 5.73 Å². The van der Waals surface area contributed by atoms with Gasteiger partial charge in [-0.05, 0) is 18.2 Å². The van der Waals surface area contributed by atoms with E-state index < -0.39 is 0 Å². The molecule has 0 atom stereocenters. The number of nitrogen functional groups attached to an aromatic ring is 1. The maximum Gasteiger partial charge on any atom is 0.0740 e. The first-order valence-corrected chi connectivity index (χ1v) is 5.13. The first-order chi connectivity index (χ1) is 7.86. The molecule has 0 unspecified atom stereocenters. The minimum atomic E-state index is 0.789. The largest absolute Gasteiger partial charge is 0.398 e. The molecule has 2 heterocycles. The van der Waals surface area contributed by atoms with Gasteiger partial charge in [0, 0.05) is 29.2 Å². The van der Waals surface area contributed by atoms with Crippen molar-refractivity contribution in [2.45, 2.75) is 0 Å². The molecule has 78 valence electrons. The second-order valence-corrected chi connectivity index (χ2v) is 3.67. The summed E-state index contributed by atoms with van der Waals surface area (Å²) in [5, 5.41) is 4.21. The van der Waals surface area contributed by atoms with Crippen LogP contribution in [0.2, 0.25) is 0 Å². The average Bonchev–Trinajstić information content (AvgIpc) is 2.77. The Morgan fingerprint density at radius 3 is 2.62 bits per heavy atom. The van der Waals surface area contributed by atoms with Gasteiger partial charge in [0.05, 0.1) is 5.52 Å². The highest BCUT2D eigenvalue weighted by atomic mass is 15.2. The molecule has 0 saturated carbocycles. The zero-order chi connectivity index (χ0) is 11.0. The van der Waals surface area contributed by atoms with Crippen molar-refractivity contribution >= 4 is 11.2 Å². The van der Waals surface area contributed by atoms with E-state index in [1.54, 1.807) is 6.20 Å². The standard InChI is InChI=1S/C13H11N3/c14-12-6-2-1-4-10(12)11-5-3-9-16-13(11)7-8-15-16/h1-9H,14H2. The molecule has 3 aromatic rings. The Kier molecular flexibility index (Phi) is 1.90. The molecule has 0 aliphatic carbocycles. The summed E-state index contributed by atoms with van der Waals surface area (Å²) in [5.41, 5.74) is 10.0. The smallest absolute Gasteiger partial charge is 0.0740 e. The summed E-state index contributed by atoms with van der Waals surface area (Å²) in [5.74, 6) is 0. The first kappa shape index (κ1) is 8.97. The summed E-state index contributed by atoms with van der Waals surface area (Å²) < 4.78 is 1.85. The van der Waals surface area contributed by atoms with Gasteiger partial charge in [0.15, 0.2) is 0 Å². The Morgan fingerprint density at radius 1 is 0.938 bits per heavy atom. The van der Waals surface area contributed by atoms with Gasteiger partial charge >= 0.3 is 0 Å². The number of anilines is 1. The number of benzene rings is 1. The number of pyridine rings is 1. The van der Waals surface area contributed by atoms with Crippen molar-refractivity contribution < 1.29 is 0 Å². The molecule has 3 nitrogen and oxygen atoms in total. The molecule has 0 bridgehead atoms. The molecular formula is C13H11N3. The van der Waals surface area contributed by atoms with Gasteiger partial charge in [0.2, 0.25) is 0 Å². The van der Waals surface area contributed by atoms with Gasteiger partial charge in [0.25, 0.3) is 0 Å². The summed E-state index contributed by atoms with van der Waals surface area (Å²) in [6.45, 7) is 0.